The van der Waals surface area contributed by atoms with Crippen LogP contribution in [-0.2, 0) is 0 Å². The van der Waals surface area contributed by atoms with Crippen LogP contribution in [0.15, 0.2) is 48.5 Å². The Bertz CT molecular complexity index is 962. The molecule has 1 aromatic heterocycles. The van der Waals surface area contributed by atoms with Crippen molar-refractivity contribution in [3.05, 3.63) is 59.8 Å². The van der Waals surface area contributed by atoms with Crippen molar-refractivity contribution in [2.75, 3.05) is 13.2 Å². The fraction of sp³-hybridized carbons (Fsp3) is 0.158. The van der Waals surface area contributed by atoms with Crippen molar-refractivity contribution in [1.29, 1.82) is 0 Å². The van der Waals surface area contributed by atoms with Crippen LogP contribution in [0.1, 0.15) is 16.1 Å². The van der Waals surface area contributed by atoms with Gasteiger partial charge in [-0.3, -0.25) is 0 Å². The fourth-order valence-electron chi connectivity index (χ4n) is 2.85. The van der Waals surface area contributed by atoms with Gasteiger partial charge in [-0.1, -0.05) is 12.1 Å². The lowest BCUT2D eigenvalue weighted by Crippen LogP contribution is -2.15. The Balaban J connectivity index is 1.87. The molecule has 0 aliphatic carbocycles. The molecule has 0 spiro atoms. The number of benzene rings is 2. The van der Waals surface area contributed by atoms with Crippen molar-refractivity contribution >= 4 is 5.97 Å². The third kappa shape index (κ3) is 2.82. The van der Waals surface area contributed by atoms with Gasteiger partial charge < -0.3 is 14.6 Å². The van der Waals surface area contributed by atoms with Crippen LogP contribution in [-0.4, -0.2) is 34.1 Å². The van der Waals surface area contributed by atoms with E-state index in [1.807, 2.05) is 49.4 Å². The minimum atomic E-state index is -1.06. The largest absolute Gasteiger partial charge is 0.486 e. The molecule has 0 fully saturated rings. The normalized spacial score (nSPS) is 12.8. The Morgan fingerprint density at radius 1 is 1.08 bits per heavy atom. The van der Waals surface area contributed by atoms with Gasteiger partial charge >= 0.3 is 5.97 Å². The zero-order valence-electron chi connectivity index (χ0n) is 13.6. The number of nitrogens with zero attached hydrogens (tertiary/aromatic N) is 2. The van der Waals surface area contributed by atoms with E-state index < -0.39 is 5.97 Å². The first kappa shape index (κ1) is 15.3. The Hall–Kier alpha value is -3.28. The van der Waals surface area contributed by atoms with Crippen molar-refractivity contribution in [1.82, 2.24) is 9.78 Å². The Labute approximate surface area is 144 Å². The van der Waals surface area contributed by atoms with Gasteiger partial charge in [-0.15, -0.1) is 0 Å². The molecule has 25 heavy (non-hydrogen) atoms. The molecule has 2 heterocycles. The van der Waals surface area contributed by atoms with E-state index in [9.17, 15) is 9.90 Å². The van der Waals surface area contributed by atoms with Crippen LogP contribution < -0.4 is 9.47 Å². The van der Waals surface area contributed by atoms with E-state index in [4.69, 9.17) is 9.47 Å². The van der Waals surface area contributed by atoms with Crippen LogP contribution in [0.2, 0.25) is 0 Å². The number of hydrogen-bond acceptors (Lipinski definition) is 4. The van der Waals surface area contributed by atoms with Crippen LogP contribution in [0.3, 0.4) is 0 Å². The summed E-state index contributed by atoms with van der Waals surface area (Å²) in [5, 5.41) is 13.6. The molecule has 0 bridgehead atoms. The van der Waals surface area contributed by atoms with Crippen molar-refractivity contribution in [2.45, 2.75) is 6.92 Å². The molecule has 1 aliphatic rings. The predicted molar refractivity (Wildman–Crippen MR) is 91.7 cm³/mol. The molecular weight excluding hydrogens is 320 g/mol. The number of aromatic nitrogens is 2. The summed E-state index contributed by atoms with van der Waals surface area (Å²) in [5.41, 5.74) is 3.35. The molecule has 0 atom stereocenters. The first-order chi connectivity index (χ1) is 12.1. The summed E-state index contributed by atoms with van der Waals surface area (Å²) in [5.74, 6) is 0.276. The van der Waals surface area contributed by atoms with Gasteiger partial charge in [-0.2, -0.15) is 5.10 Å². The Kier molecular flexibility index (Phi) is 3.65. The summed E-state index contributed by atoms with van der Waals surface area (Å²) in [6, 6.07) is 14.9. The number of carbonyl (C=O) groups is 1. The maximum absolute atomic E-state index is 11.4. The number of aryl methyl sites for hydroxylation is 1. The highest BCUT2D eigenvalue weighted by atomic mass is 16.6. The minimum Gasteiger partial charge on any atom is -0.486 e. The fourth-order valence-corrected chi connectivity index (χ4v) is 2.85. The van der Waals surface area contributed by atoms with E-state index >= 15 is 0 Å². The maximum atomic E-state index is 11.4. The van der Waals surface area contributed by atoms with Gasteiger partial charge in [0, 0.05) is 5.56 Å². The highest BCUT2D eigenvalue weighted by molar-refractivity contribution is 5.87. The number of carboxylic acid groups (broad SMARTS) is 1. The highest BCUT2D eigenvalue weighted by Crippen LogP contribution is 2.35. The molecule has 1 aliphatic heterocycles. The quantitative estimate of drug-likeness (QED) is 0.794. The lowest BCUT2D eigenvalue weighted by atomic mass is 10.1. The van der Waals surface area contributed by atoms with E-state index in [0.29, 0.717) is 30.4 Å². The van der Waals surface area contributed by atoms with Gasteiger partial charge in [0.25, 0.3) is 0 Å². The first-order valence-corrected chi connectivity index (χ1v) is 7.92. The monoisotopic (exact) mass is 336 g/mol. The summed E-state index contributed by atoms with van der Waals surface area (Å²) in [6.45, 7) is 3.00. The summed E-state index contributed by atoms with van der Waals surface area (Å²) in [4.78, 5) is 11.4. The maximum Gasteiger partial charge on any atom is 0.356 e. The predicted octanol–water partition coefficient (Wildman–Crippen LogP) is 3.32. The van der Waals surface area contributed by atoms with Crippen LogP contribution in [0.25, 0.3) is 16.9 Å². The summed E-state index contributed by atoms with van der Waals surface area (Å²) in [6.07, 6.45) is 0. The van der Waals surface area contributed by atoms with Crippen molar-refractivity contribution in [2.24, 2.45) is 0 Å². The van der Waals surface area contributed by atoms with Gasteiger partial charge in [0.15, 0.2) is 17.2 Å². The van der Waals surface area contributed by atoms with E-state index in [0.717, 1.165) is 16.8 Å². The smallest absolute Gasteiger partial charge is 0.356 e. The van der Waals surface area contributed by atoms with Crippen LogP contribution >= 0.6 is 0 Å². The molecule has 0 amide bonds. The van der Waals surface area contributed by atoms with Crippen molar-refractivity contribution < 1.29 is 19.4 Å². The molecule has 0 saturated carbocycles. The minimum absolute atomic E-state index is 0.00797. The first-order valence-electron chi connectivity index (χ1n) is 7.92. The lowest BCUT2D eigenvalue weighted by Gasteiger charge is -2.19. The van der Waals surface area contributed by atoms with E-state index in [1.165, 1.54) is 0 Å². The lowest BCUT2D eigenvalue weighted by molar-refractivity contribution is 0.0690. The summed E-state index contributed by atoms with van der Waals surface area (Å²) < 4.78 is 12.8. The molecule has 126 valence electrons. The molecule has 6 nitrogen and oxygen atoms in total. The third-order valence-electron chi connectivity index (χ3n) is 4.01. The topological polar surface area (TPSA) is 73.6 Å². The van der Waals surface area contributed by atoms with E-state index in [1.54, 1.807) is 10.7 Å². The second-order valence-corrected chi connectivity index (χ2v) is 5.83. The standard InChI is InChI=1S/C19H16N2O4/c1-12-3-2-4-14(9-12)21-16(11-15(20-21)19(22)23)13-5-6-17-18(10-13)25-8-7-24-17/h2-6,9-11H,7-8H2,1H3,(H,22,23). The van der Waals surface area contributed by atoms with Gasteiger partial charge in [0.05, 0.1) is 11.4 Å². The van der Waals surface area contributed by atoms with Crippen molar-refractivity contribution in [3.63, 3.8) is 0 Å². The van der Waals surface area contributed by atoms with Crippen LogP contribution in [0.4, 0.5) is 0 Å². The average Bonchev–Trinajstić information content (AvgIpc) is 3.07. The Morgan fingerprint density at radius 2 is 1.88 bits per heavy atom. The van der Waals surface area contributed by atoms with Crippen LogP contribution in [0.5, 0.6) is 11.5 Å². The number of ether oxygens (including phenoxy) is 2. The van der Waals surface area contributed by atoms with Crippen molar-refractivity contribution in [3.8, 4) is 28.4 Å². The van der Waals surface area contributed by atoms with E-state index in [2.05, 4.69) is 5.10 Å². The van der Waals surface area contributed by atoms with E-state index in [-0.39, 0.29) is 5.69 Å². The SMILES string of the molecule is Cc1cccc(-n2nc(C(=O)O)cc2-c2ccc3c(c2)OCCO3)c1. The van der Waals surface area contributed by atoms with Gasteiger partial charge in [-0.05, 0) is 48.9 Å². The molecule has 0 radical (unpaired) electrons. The number of hydrogen-bond donors (Lipinski definition) is 1. The van der Waals surface area contributed by atoms with Gasteiger partial charge in [-0.25, -0.2) is 9.48 Å². The van der Waals surface area contributed by atoms with Gasteiger partial charge in [0.2, 0.25) is 0 Å². The highest BCUT2D eigenvalue weighted by Gasteiger charge is 2.19. The molecular formula is C19H16N2O4. The Morgan fingerprint density at radius 3 is 2.64 bits per heavy atom. The summed E-state index contributed by atoms with van der Waals surface area (Å²) >= 11 is 0. The molecule has 1 N–H and O–H groups in total. The molecule has 0 saturated heterocycles. The second-order valence-electron chi connectivity index (χ2n) is 5.83. The van der Waals surface area contributed by atoms with Crippen LogP contribution in [0, 0.1) is 6.92 Å². The number of aromatic carboxylic acids is 1. The number of fused-ring (bicyclic) bond motifs is 1. The number of rotatable bonds is 3. The number of carboxylic acids is 1. The molecule has 0 unspecified atom stereocenters. The molecule has 2 aromatic carbocycles. The zero-order chi connectivity index (χ0) is 17.4. The zero-order valence-corrected chi connectivity index (χ0v) is 13.6. The van der Waals surface area contributed by atoms with Gasteiger partial charge in [0.1, 0.15) is 13.2 Å². The summed E-state index contributed by atoms with van der Waals surface area (Å²) in [7, 11) is 0. The second kappa shape index (κ2) is 5.98. The molecule has 3 aromatic rings. The average molecular weight is 336 g/mol. The third-order valence-corrected chi connectivity index (χ3v) is 4.01. The molecule has 4 rings (SSSR count). The molecule has 6 heteroatoms.